The standard InChI is InChI=1S/C25H38N3.2BrH.Co/c1-5-18-11-9-12-19(6-2)24(18)22(26)15-16-28-17-23(27)25-20(7-3)13-10-14-21(25)8-4;;;/h9-14,22-23H,5-8,15-17,26-27H2,1-4H3;2*1H;/q-1;;;+3/p-2. The summed E-state index contributed by atoms with van der Waals surface area (Å²) in [5, 5.41) is 4.77. The van der Waals surface area contributed by atoms with Gasteiger partial charge in [0.25, 0.3) is 0 Å². The van der Waals surface area contributed by atoms with Gasteiger partial charge in [-0.3, -0.25) is 0 Å². The van der Waals surface area contributed by atoms with Crippen LogP contribution in [0.2, 0.25) is 0 Å². The minimum absolute atomic E-state index is 0.0311. The van der Waals surface area contributed by atoms with Crippen LogP contribution in [0.1, 0.15) is 79.6 Å². The Balaban J connectivity index is 0.00000151. The van der Waals surface area contributed by atoms with Crippen LogP contribution in [-0.2, 0) is 36.8 Å². The van der Waals surface area contributed by atoms with Crippen LogP contribution < -0.4 is 11.5 Å². The van der Waals surface area contributed by atoms with Gasteiger partial charge >= 0.3 is 39.5 Å². The van der Waals surface area contributed by atoms with Crippen LogP contribution in [0.15, 0.2) is 36.4 Å². The molecule has 0 amide bonds. The first-order valence-corrected chi connectivity index (χ1v) is 16.3. The van der Waals surface area contributed by atoms with Crippen LogP contribution in [0.5, 0.6) is 0 Å². The van der Waals surface area contributed by atoms with E-state index in [0.717, 1.165) is 49.8 Å². The average Bonchev–Trinajstić information content (AvgIpc) is 2.80. The molecule has 176 valence electrons. The fourth-order valence-electron chi connectivity index (χ4n) is 4.21. The van der Waals surface area contributed by atoms with Crippen molar-refractivity contribution in [2.75, 3.05) is 13.1 Å². The molecule has 0 bridgehead atoms. The second-order valence-electron chi connectivity index (χ2n) is 7.57. The van der Waals surface area contributed by atoms with Crippen LogP contribution in [-0.4, -0.2) is 13.1 Å². The van der Waals surface area contributed by atoms with Gasteiger partial charge in [-0.05, 0) is 59.1 Å². The van der Waals surface area contributed by atoms with Crippen molar-refractivity contribution in [2.45, 2.75) is 71.9 Å². The molecule has 0 aliphatic heterocycles. The van der Waals surface area contributed by atoms with Crippen molar-refractivity contribution in [1.29, 1.82) is 0 Å². The maximum absolute atomic E-state index is 6.58. The second-order valence-corrected chi connectivity index (χ2v) is 12.8. The number of hydrogen-bond acceptors (Lipinski definition) is 2. The van der Waals surface area contributed by atoms with E-state index in [0.29, 0.717) is 6.54 Å². The molecule has 0 aromatic heterocycles. The van der Waals surface area contributed by atoms with E-state index in [1.54, 1.807) is 0 Å². The summed E-state index contributed by atoms with van der Waals surface area (Å²) in [6.45, 7) is 10.2. The number of nitrogens with two attached hydrogens (primary N) is 2. The number of benzene rings is 2. The molecule has 2 atom stereocenters. The summed E-state index contributed by atoms with van der Waals surface area (Å²) in [7, 11) is 0. The Hall–Kier alpha value is -0.214. The van der Waals surface area contributed by atoms with E-state index in [9.17, 15) is 0 Å². The quantitative estimate of drug-likeness (QED) is 0.271. The molecule has 4 N–H and O–H groups in total. The Morgan fingerprint density at radius 3 is 1.45 bits per heavy atom. The molecule has 2 aromatic carbocycles. The predicted octanol–water partition coefficient (Wildman–Crippen LogP) is 7.09. The predicted molar refractivity (Wildman–Crippen MR) is 140 cm³/mol. The molecule has 0 fully saturated rings. The van der Waals surface area contributed by atoms with Crippen LogP contribution in [0, 0.1) is 0 Å². The number of rotatable bonds is 11. The number of nitrogens with zero attached hydrogens (tertiary/aromatic N) is 1. The Bertz CT molecular complexity index is 662. The normalized spacial score (nSPS) is 12.9. The van der Waals surface area contributed by atoms with Gasteiger partial charge in [-0.25, -0.2) is 0 Å². The van der Waals surface area contributed by atoms with Crippen molar-refractivity contribution in [3.05, 3.63) is 75.1 Å². The molecule has 0 spiro atoms. The second kappa shape index (κ2) is 16.4. The molecule has 0 aliphatic rings. The summed E-state index contributed by atoms with van der Waals surface area (Å²) in [4.78, 5) is 0. The van der Waals surface area contributed by atoms with Crippen molar-refractivity contribution in [2.24, 2.45) is 11.5 Å². The van der Waals surface area contributed by atoms with E-state index < -0.39 is 0 Å². The summed E-state index contributed by atoms with van der Waals surface area (Å²) < 4.78 is 0. The van der Waals surface area contributed by atoms with Gasteiger partial charge in [0.1, 0.15) is 0 Å². The molecule has 0 heterocycles. The fourth-order valence-corrected chi connectivity index (χ4v) is 4.21. The van der Waals surface area contributed by atoms with E-state index in [4.69, 9.17) is 16.8 Å². The molecule has 0 aliphatic carbocycles. The van der Waals surface area contributed by atoms with Crippen LogP contribution >= 0.6 is 28.3 Å². The third kappa shape index (κ3) is 8.92. The molecule has 2 unspecified atom stereocenters. The van der Waals surface area contributed by atoms with Crippen molar-refractivity contribution < 1.29 is 11.1 Å². The zero-order valence-corrected chi connectivity index (χ0v) is 23.5. The third-order valence-electron chi connectivity index (χ3n) is 5.76. The van der Waals surface area contributed by atoms with Crippen LogP contribution in [0.3, 0.4) is 0 Å². The van der Waals surface area contributed by atoms with Gasteiger partial charge in [0, 0.05) is 12.1 Å². The van der Waals surface area contributed by atoms with Crippen molar-refractivity contribution >= 4 is 28.3 Å². The molecule has 0 saturated heterocycles. The fraction of sp³-hybridized carbons (Fsp3) is 0.520. The van der Waals surface area contributed by atoms with Crippen LogP contribution in [0.4, 0.5) is 0 Å². The first kappa shape index (κ1) is 28.8. The SMILES string of the molecule is CCc1cccc(CC)c1C(N)CC[N-]CC(N)c1c(CC)cccc1CC.[Br][Co+][Br]. The number of hydrogen-bond donors (Lipinski definition) is 2. The summed E-state index contributed by atoms with van der Waals surface area (Å²) in [5.74, 6) is 0. The first-order valence-electron chi connectivity index (χ1n) is 11.2. The Morgan fingerprint density at radius 2 is 1.10 bits per heavy atom. The molecule has 6 heteroatoms. The molecule has 2 aromatic rings. The van der Waals surface area contributed by atoms with Gasteiger partial charge in [-0.2, -0.15) is 0 Å². The summed E-state index contributed by atoms with van der Waals surface area (Å²) in [5.41, 5.74) is 21.2. The number of halogens is 2. The van der Waals surface area contributed by atoms with E-state index >= 15 is 0 Å². The van der Waals surface area contributed by atoms with Gasteiger partial charge in [0.15, 0.2) is 0 Å². The molecule has 3 nitrogen and oxygen atoms in total. The third-order valence-corrected chi connectivity index (χ3v) is 5.76. The van der Waals surface area contributed by atoms with Gasteiger partial charge in [-0.15, -0.1) is 13.1 Å². The summed E-state index contributed by atoms with van der Waals surface area (Å²) >= 11 is 7.12. The van der Waals surface area contributed by atoms with E-state index in [1.807, 2.05) is 0 Å². The van der Waals surface area contributed by atoms with Crippen LogP contribution in [0.25, 0.3) is 5.32 Å². The molecule has 31 heavy (non-hydrogen) atoms. The molecule has 0 saturated carbocycles. The Morgan fingerprint density at radius 1 is 0.742 bits per heavy atom. The zero-order valence-electron chi connectivity index (χ0n) is 19.3. The van der Waals surface area contributed by atoms with Gasteiger partial charge in [-0.1, -0.05) is 70.5 Å². The van der Waals surface area contributed by atoms with Crippen molar-refractivity contribution in [3.63, 3.8) is 0 Å². The average molecular weight is 599 g/mol. The van der Waals surface area contributed by atoms with E-state index in [-0.39, 0.29) is 12.1 Å². The number of aryl methyl sites for hydroxylation is 4. The van der Waals surface area contributed by atoms with E-state index in [2.05, 4.69) is 92.4 Å². The van der Waals surface area contributed by atoms with Gasteiger partial charge in [0.05, 0.1) is 0 Å². The van der Waals surface area contributed by atoms with Crippen molar-refractivity contribution in [3.8, 4) is 0 Å². The van der Waals surface area contributed by atoms with Gasteiger partial charge in [0.2, 0.25) is 0 Å². The van der Waals surface area contributed by atoms with Crippen molar-refractivity contribution in [1.82, 2.24) is 0 Å². The molecular weight excluding hydrogens is 561 g/mol. The Labute approximate surface area is 210 Å². The molecule has 2 rings (SSSR count). The zero-order chi connectivity index (χ0) is 23.2. The van der Waals surface area contributed by atoms with E-state index in [1.165, 1.54) is 33.4 Å². The minimum atomic E-state index is -0.0311. The summed E-state index contributed by atoms with van der Waals surface area (Å²) in [6.07, 6.45) is 4.93. The maximum atomic E-state index is 6.58. The first-order chi connectivity index (χ1) is 15.0. The molecule has 0 radical (unpaired) electrons. The molecular formula is C25H38Br2CoN3. The Kier molecular flexibility index (Phi) is 15.3. The van der Waals surface area contributed by atoms with Gasteiger partial charge < -0.3 is 16.8 Å². The monoisotopic (exact) mass is 597 g/mol. The topological polar surface area (TPSA) is 66.1 Å². The summed E-state index contributed by atoms with van der Waals surface area (Å²) in [6, 6.07) is 13.1.